The van der Waals surface area contributed by atoms with Crippen molar-refractivity contribution in [2.75, 3.05) is 0 Å². The zero-order valence-electron chi connectivity index (χ0n) is 12.9. The van der Waals surface area contributed by atoms with Crippen molar-refractivity contribution in [2.24, 2.45) is 0 Å². The molecule has 0 aliphatic heterocycles. The van der Waals surface area contributed by atoms with E-state index in [4.69, 9.17) is 5.11 Å². The van der Waals surface area contributed by atoms with Gasteiger partial charge in [0.15, 0.2) is 12.2 Å². The molecule has 0 amide bonds. The smallest absolute Gasteiger partial charge is 0.303 e. The van der Waals surface area contributed by atoms with E-state index in [9.17, 15) is 25.1 Å². The molecule has 1 aromatic carbocycles. The van der Waals surface area contributed by atoms with Crippen LogP contribution in [0.25, 0.3) is 0 Å². The summed E-state index contributed by atoms with van der Waals surface area (Å²) in [6.07, 6.45) is -1.46. The largest absolute Gasteiger partial charge is 0.481 e. The SMILES string of the molecule is Cc1ccc2c(c1)[C@H](O)[C@](CCCCCC(=O)O)([N+](=O)[O-])[C@@H]2O. The van der Waals surface area contributed by atoms with Gasteiger partial charge in [-0.3, -0.25) is 14.9 Å². The molecule has 0 unspecified atom stereocenters. The van der Waals surface area contributed by atoms with Gasteiger partial charge in [0.1, 0.15) is 0 Å². The van der Waals surface area contributed by atoms with Crippen LogP contribution in [0.15, 0.2) is 18.2 Å². The highest BCUT2D eigenvalue weighted by Gasteiger charge is 2.62. The molecule has 0 aromatic heterocycles. The molecular weight excluding hydrogens is 302 g/mol. The molecule has 0 spiro atoms. The van der Waals surface area contributed by atoms with Crippen LogP contribution in [0.4, 0.5) is 0 Å². The van der Waals surface area contributed by atoms with Crippen LogP contribution in [-0.4, -0.2) is 31.8 Å². The third-order valence-corrected chi connectivity index (χ3v) is 4.59. The monoisotopic (exact) mass is 323 g/mol. The first kappa shape index (κ1) is 17.4. The zero-order valence-corrected chi connectivity index (χ0v) is 12.9. The van der Waals surface area contributed by atoms with Gasteiger partial charge in [-0.25, -0.2) is 0 Å². The highest BCUT2D eigenvalue weighted by molar-refractivity contribution is 5.66. The highest BCUT2D eigenvalue weighted by Crippen LogP contribution is 2.51. The number of hydrogen-bond acceptors (Lipinski definition) is 5. The standard InChI is InChI=1S/C16H21NO6/c1-10-6-7-11-12(9-10)15(21)16(14(11)20,17(22)23)8-4-2-3-5-13(18)19/h6-7,9,14-15,20-21H,2-5,8H2,1H3,(H,18,19)/t14-,15+,16-/m1/s1. The Balaban J connectivity index is 2.18. The lowest BCUT2D eigenvalue weighted by Gasteiger charge is -2.27. The molecule has 1 aromatic rings. The first-order valence-electron chi connectivity index (χ1n) is 7.63. The van der Waals surface area contributed by atoms with E-state index in [0.717, 1.165) is 5.56 Å². The lowest BCUT2D eigenvalue weighted by Crippen LogP contribution is -2.45. The minimum absolute atomic E-state index is 0.00429. The number of carboxylic acid groups (broad SMARTS) is 1. The lowest BCUT2D eigenvalue weighted by atomic mass is 9.85. The molecular formula is C16H21NO6. The number of unbranched alkanes of at least 4 members (excludes halogenated alkanes) is 2. The fraction of sp³-hybridized carbons (Fsp3) is 0.562. The minimum Gasteiger partial charge on any atom is -0.481 e. The van der Waals surface area contributed by atoms with Gasteiger partial charge >= 0.3 is 5.97 Å². The predicted octanol–water partition coefficient (Wildman–Crippen LogP) is 2.13. The van der Waals surface area contributed by atoms with E-state index in [-0.39, 0.29) is 12.8 Å². The molecule has 0 radical (unpaired) electrons. The molecule has 126 valence electrons. The van der Waals surface area contributed by atoms with Gasteiger partial charge in [0, 0.05) is 17.8 Å². The molecule has 0 saturated carbocycles. The second-order valence-corrected chi connectivity index (χ2v) is 6.14. The van der Waals surface area contributed by atoms with Crippen LogP contribution in [0.5, 0.6) is 0 Å². The number of aliphatic hydroxyl groups is 2. The molecule has 0 bridgehead atoms. The number of fused-ring (bicyclic) bond motifs is 1. The van der Waals surface area contributed by atoms with Crippen LogP contribution in [0.2, 0.25) is 0 Å². The highest BCUT2D eigenvalue weighted by atomic mass is 16.6. The quantitative estimate of drug-likeness (QED) is 0.401. The molecule has 0 saturated heterocycles. The predicted molar refractivity (Wildman–Crippen MR) is 81.5 cm³/mol. The van der Waals surface area contributed by atoms with Crippen molar-refractivity contribution < 1.29 is 25.0 Å². The van der Waals surface area contributed by atoms with Gasteiger partial charge in [-0.15, -0.1) is 0 Å². The Kier molecular flexibility index (Phi) is 5.01. The fourth-order valence-electron chi connectivity index (χ4n) is 3.29. The van der Waals surface area contributed by atoms with E-state index in [0.29, 0.717) is 30.4 Å². The maximum Gasteiger partial charge on any atom is 0.303 e. The summed E-state index contributed by atoms with van der Waals surface area (Å²) in [6.45, 7) is 1.82. The summed E-state index contributed by atoms with van der Waals surface area (Å²) >= 11 is 0. The number of nitrogens with zero attached hydrogens (tertiary/aromatic N) is 1. The maximum absolute atomic E-state index is 11.7. The van der Waals surface area contributed by atoms with Crippen LogP contribution in [0.1, 0.15) is 61.0 Å². The van der Waals surface area contributed by atoms with E-state index >= 15 is 0 Å². The summed E-state index contributed by atoms with van der Waals surface area (Å²) in [5.41, 5.74) is -0.208. The van der Waals surface area contributed by atoms with Gasteiger partial charge in [0.05, 0.1) is 0 Å². The number of aliphatic hydroxyl groups excluding tert-OH is 2. The van der Waals surface area contributed by atoms with E-state index < -0.39 is 28.6 Å². The van der Waals surface area contributed by atoms with E-state index in [2.05, 4.69) is 0 Å². The van der Waals surface area contributed by atoms with Gasteiger partial charge in [-0.2, -0.15) is 0 Å². The molecule has 1 aliphatic carbocycles. The summed E-state index contributed by atoms with van der Waals surface area (Å²) in [7, 11) is 0. The number of benzene rings is 1. The van der Waals surface area contributed by atoms with Crippen molar-refractivity contribution in [1.82, 2.24) is 0 Å². The molecule has 3 atom stereocenters. The molecule has 7 nitrogen and oxygen atoms in total. The van der Waals surface area contributed by atoms with Crippen molar-refractivity contribution in [1.29, 1.82) is 0 Å². The number of carboxylic acids is 1. The zero-order chi connectivity index (χ0) is 17.2. The molecule has 2 rings (SSSR count). The number of nitro groups is 1. The number of hydrogen-bond donors (Lipinski definition) is 3. The van der Waals surface area contributed by atoms with Gasteiger partial charge in [-0.1, -0.05) is 30.2 Å². The Morgan fingerprint density at radius 1 is 1.22 bits per heavy atom. The first-order valence-corrected chi connectivity index (χ1v) is 7.63. The average Bonchev–Trinajstić information content (AvgIpc) is 2.68. The van der Waals surface area contributed by atoms with Crippen LogP contribution in [-0.2, 0) is 4.79 Å². The fourth-order valence-corrected chi connectivity index (χ4v) is 3.29. The summed E-state index contributed by atoms with van der Waals surface area (Å²) in [6, 6.07) is 5.03. The maximum atomic E-state index is 11.7. The number of aliphatic carboxylic acids is 1. The average molecular weight is 323 g/mol. The normalized spacial score (nSPS) is 26.0. The Bertz CT molecular complexity index is 617. The molecule has 7 heteroatoms. The van der Waals surface area contributed by atoms with Gasteiger partial charge in [-0.05, 0) is 30.9 Å². The minimum atomic E-state index is -1.86. The number of carbonyl (C=O) groups is 1. The van der Waals surface area contributed by atoms with Crippen molar-refractivity contribution >= 4 is 5.97 Å². The van der Waals surface area contributed by atoms with Gasteiger partial charge < -0.3 is 15.3 Å². The van der Waals surface area contributed by atoms with Crippen LogP contribution < -0.4 is 0 Å². The Labute approximate surface area is 133 Å². The molecule has 1 aliphatic rings. The molecule has 0 heterocycles. The molecule has 0 fully saturated rings. The Hall–Kier alpha value is -1.99. The van der Waals surface area contributed by atoms with Crippen molar-refractivity contribution in [3.05, 3.63) is 45.0 Å². The summed E-state index contributed by atoms with van der Waals surface area (Å²) in [5.74, 6) is -0.905. The third kappa shape index (κ3) is 3.07. The molecule has 3 N–H and O–H groups in total. The third-order valence-electron chi connectivity index (χ3n) is 4.59. The van der Waals surface area contributed by atoms with E-state index in [1.165, 1.54) is 0 Å². The second-order valence-electron chi connectivity index (χ2n) is 6.14. The van der Waals surface area contributed by atoms with Crippen molar-refractivity contribution in [3.63, 3.8) is 0 Å². The second kappa shape index (κ2) is 6.64. The molecule has 23 heavy (non-hydrogen) atoms. The first-order chi connectivity index (χ1) is 10.8. The topological polar surface area (TPSA) is 121 Å². The lowest BCUT2D eigenvalue weighted by molar-refractivity contribution is -0.598. The van der Waals surface area contributed by atoms with E-state index in [1.54, 1.807) is 18.2 Å². The number of aryl methyl sites for hydroxylation is 1. The van der Waals surface area contributed by atoms with Crippen LogP contribution >= 0.6 is 0 Å². The van der Waals surface area contributed by atoms with Crippen LogP contribution in [0.3, 0.4) is 0 Å². The van der Waals surface area contributed by atoms with Gasteiger partial charge in [0.25, 0.3) is 5.54 Å². The Morgan fingerprint density at radius 3 is 2.48 bits per heavy atom. The summed E-state index contributed by atoms with van der Waals surface area (Å²) in [4.78, 5) is 21.6. The van der Waals surface area contributed by atoms with Crippen molar-refractivity contribution in [3.8, 4) is 0 Å². The summed E-state index contributed by atoms with van der Waals surface area (Å²) in [5, 5.41) is 41.2. The summed E-state index contributed by atoms with van der Waals surface area (Å²) < 4.78 is 0. The Morgan fingerprint density at radius 2 is 1.87 bits per heavy atom. The number of rotatable bonds is 7. The van der Waals surface area contributed by atoms with Crippen LogP contribution in [0, 0.1) is 17.0 Å². The van der Waals surface area contributed by atoms with Gasteiger partial charge in [0.2, 0.25) is 0 Å². The van der Waals surface area contributed by atoms with Crippen molar-refractivity contribution in [2.45, 2.75) is 56.8 Å². The van der Waals surface area contributed by atoms with E-state index in [1.807, 2.05) is 6.92 Å².